The molecule has 1 N–H and O–H groups in total. The van der Waals surface area contributed by atoms with Crippen LogP contribution in [0.3, 0.4) is 0 Å². The van der Waals surface area contributed by atoms with Gasteiger partial charge in [0, 0.05) is 0 Å². The minimum absolute atomic E-state index is 0.154. The second kappa shape index (κ2) is 7.18. The number of halogens is 3. The van der Waals surface area contributed by atoms with Crippen LogP contribution in [0.15, 0.2) is 28.4 Å². The first-order valence-electron chi connectivity index (χ1n) is 6.84. The predicted molar refractivity (Wildman–Crippen MR) is 78.4 cm³/mol. The van der Waals surface area contributed by atoms with Crippen LogP contribution in [0.5, 0.6) is 0 Å². The zero-order chi connectivity index (χ0) is 14.5. The van der Waals surface area contributed by atoms with E-state index < -0.39 is 11.6 Å². The third-order valence-corrected chi connectivity index (χ3v) is 4.03. The van der Waals surface area contributed by atoms with Crippen LogP contribution >= 0.6 is 15.9 Å². The summed E-state index contributed by atoms with van der Waals surface area (Å²) in [7, 11) is 0. The summed E-state index contributed by atoms with van der Waals surface area (Å²) in [6.07, 6.45) is 4.90. The Labute approximate surface area is 126 Å². The molecular formula is C15H18BrF2NO. The van der Waals surface area contributed by atoms with Crippen molar-refractivity contribution in [2.45, 2.75) is 32.2 Å². The molecule has 2 nitrogen and oxygen atoms in total. The molecule has 110 valence electrons. The third-order valence-electron chi connectivity index (χ3n) is 3.22. The van der Waals surface area contributed by atoms with E-state index in [1.807, 2.05) is 6.08 Å². The topological polar surface area (TPSA) is 21.3 Å². The summed E-state index contributed by atoms with van der Waals surface area (Å²) in [5.74, 6) is -0.924. The fourth-order valence-corrected chi connectivity index (χ4v) is 2.74. The normalized spacial score (nSPS) is 16.5. The molecule has 0 radical (unpaired) electrons. The molecule has 0 aromatic heterocycles. The molecule has 0 bridgehead atoms. The Morgan fingerprint density at radius 3 is 2.85 bits per heavy atom. The largest absolute Gasteiger partial charge is 0.496 e. The number of ether oxygens (including phenoxy) is 1. The summed E-state index contributed by atoms with van der Waals surface area (Å²) in [4.78, 5) is 0. The number of allylic oxidation sites excluding steroid dienone is 1. The molecular weight excluding hydrogens is 328 g/mol. The van der Waals surface area contributed by atoms with Crippen molar-refractivity contribution in [1.82, 2.24) is 5.32 Å². The highest BCUT2D eigenvalue weighted by atomic mass is 79.9. The van der Waals surface area contributed by atoms with Gasteiger partial charge in [-0.3, -0.25) is 0 Å². The van der Waals surface area contributed by atoms with Gasteiger partial charge >= 0.3 is 0 Å². The SMILES string of the molecule is CCCNC(C1=CCCCO1)c1ccc(F)c(F)c1Br. The van der Waals surface area contributed by atoms with Crippen LogP contribution in [0.4, 0.5) is 8.78 Å². The maximum atomic E-state index is 13.7. The lowest BCUT2D eigenvalue weighted by atomic mass is 10.0. The highest BCUT2D eigenvalue weighted by Crippen LogP contribution is 2.33. The Balaban J connectivity index is 2.35. The summed E-state index contributed by atoms with van der Waals surface area (Å²) >= 11 is 3.15. The molecule has 1 aromatic rings. The molecule has 1 atom stereocenters. The Morgan fingerprint density at radius 1 is 1.40 bits per heavy atom. The van der Waals surface area contributed by atoms with Crippen LogP contribution in [0.1, 0.15) is 37.8 Å². The van der Waals surface area contributed by atoms with E-state index in [9.17, 15) is 8.78 Å². The maximum absolute atomic E-state index is 13.7. The van der Waals surface area contributed by atoms with Gasteiger partial charge in [0.1, 0.15) is 5.76 Å². The predicted octanol–water partition coefficient (Wildman–Crippen LogP) is 4.46. The van der Waals surface area contributed by atoms with Crippen LogP contribution in [0.2, 0.25) is 0 Å². The van der Waals surface area contributed by atoms with Crippen LogP contribution in [0.25, 0.3) is 0 Å². The number of hydrogen-bond acceptors (Lipinski definition) is 2. The van der Waals surface area contributed by atoms with Crippen molar-refractivity contribution < 1.29 is 13.5 Å². The quantitative estimate of drug-likeness (QED) is 0.795. The summed E-state index contributed by atoms with van der Waals surface area (Å²) in [5.41, 5.74) is 0.658. The standard InChI is InChI=1S/C15H18BrF2NO/c1-2-8-19-15(12-5-3-4-9-20-12)10-6-7-11(17)14(18)13(10)16/h5-7,15,19H,2-4,8-9H2,1H3. The summed E-state index contributed by atoms with van der Waals surface area (Å²) < 4.78 is 32.8. The highest BCUT2D eigenvalue weighted by molar-refractivity contribution is 9.10. The first kappa shape index (κ1) is 15.4. The van der Waals surface area contributed by atoms with Crippen LogP contribution in [-0.4, -0.2) is 13.2 Å². The Morgan fingerprint density at radius 2 is 2.20 bits per heavy atom. The molecule has 0 fully saturated rings. The van der Waals surface area contributed by atoms with Gasteiger partial charge in [0.05, 0.1) is 17.1 Å². The average Bonchev–Trinajstić information content (AvgIpc) is 2.48. The van der Waals surface area contributed by atoms with Gasteiger partial charge in [-0.15, -0.1) is 0 Å². The number of nitrogens with one attached hydrogen (secondary N) is 1. The summed E-state index contributed by atoms with van der Waals surface area (Å²) in [5, 5.41) is 3.33. The third kappa shape index (κ3) is 3.38. The lowest BCUT2D eigenvalue weighted by molar-refractivity contribution is 0.167. The number of rotatable bonds is 5. The van der Waals surface area contributed by atoms with Gasteiger partial charge in [0.15, 0.2) is 11.6 Å². The first-order chi connectivity index (χ1) is 9.65. The minimum atomic E-state index is -0.859. The van der Waals surface area contributed by atoms with Crippen molar-refractivity contribution in [3.8, 4) is 0 Å². The summed E-state index contributed by atoms with van der Waals surface area (Å²) in [6, 6.07) is 2.49. The lowest BCUT2D eigenvalue weighted by Crippen LogP contribution is -2.27. The Bertz CT molecular complexity index is 505. The van der Waals surface area contributed by atoms with Gasteiger partial charge in [-0.2, -0.15) is 0 Å². The molecule has 5 heteroatoms. The molecule has 1 aliphatic heterocycles. The molecule has 0 aliphatic carbocycles. The van der Waals surface area contributed by atoms with Gasteiger partial charge in [-0.05, 0) is 59.4 Å². The van der Waals surface area contributed by atoms with Crippen LogP contribution in [0, 0.1) is 11.6 Å². The average molecular weight is 346 g/mol. The molecule has 0 amide bonds. The minimum Gasteiger partial charge on any atom is -0.496 e. The first-order valence-corrected chi connectivity index (χ1v) is 7.64. The van der Waals surface area contributed by atoms with E-state index in [4.69, 9.17) is 4.74 Å². The van der Waals surface area contributed by atoms with E-state index in [1.54, 1.807) is 6.07 Å². The zero-order valence-corrected chi connectivity index (χ0v) is 13.0. The second-order valence-electron chi connectivity index (χ2n) is 4.75. The molecule has 0 saturated heterocycles. The Kier molecular flexibility index (Phi) is 5.54. The van der Waals surface area contributed by atoms with Crippen molar-refractivity contribution >= 4 is 15.9 Å². The number of hydrogen-bond donors (Lipinski definition) is 1. The van der Waals surface area contributed by atoms with Crippen molar-refractivity contribution in [2.24, 2.45) is 0 Å². The monoisotopic (exact) mass is 345 g/mol. The van der Waals surface area contributed by atoms with E-state index in [0.29, 0.717) is 12.2 Å². The van der Waals surface area contributed by atoms with Crippen LogP contribution < -0.4 is 5.32 Å². The van der Waals surface area contributed by atoms with Crippen molar-refractivity contribution in [1.29, 1.82) is 0 Å². The van der Waals surface area contributed by atoms with E-state index in [2.05, 4.69) is 28.2 Å². The van der Waals surface area contributed by atoms with Gasteiger partial charge in [-0.25, -0.2) is 8.78 Å². The molecule has 1 aliphatic rings. The van der Waals surface area contributed by atoms with Crippen molar-refractivity contribution in [2.75, 3.05) is 13.2 Å². The molecule has 1 unspecified atom stereocenters. The van der Waals surface area contributed by atoms with Crippen molar-refractivity contribution in [3.63, 3.8) is 0 Å². The zero-order valence-electron chi connectivity index (χ0n) is 11.4. The van der Waals surface area contributed by atoms with E-state index in [0.717, 1.165) is 37.6 Å². The molecule has 0 saturated carbocycles. The fraction of sp³-hybridized carbons (Fsp3) is 0.467. The number of benzene rings is 1. The van der Waals surface area contributed by atoms with Crippen molar-refractivity contribution in [3.05, 3.63) is 45.6 Å². The Hall–Kier alpha value is -0.940. The van der Waals surface area contributed by atoms with E-state index in [1.165, 1.54) is 0 Å². The van der Waals surface area contributed by atoms with Gasteiger partial charge < -0.3 is 10.1 Å². The second-order valence-corrected chi connectivity index (χ2v) is 5.54. The van der Waals surface area contributed by atoms with E-state index >= 15 is 0 Å². The molecule has 1 heterocycles. The summed E-state index contributed by atoms with van der Waals surface area (Å²) in [6.45, 7) is 3.49. The smallest absolute Gasteiger partial charge is 0.173 e. The molecule has 20 heavy (non-hydrogen) atoms. The maximum Gasteiger partial charge on any atom is 0.173 e. The molecule has 0 spiro atoms. The lowest BCUT2D eigenvalue weighted by Gasteiger charge is -2.26. The van der Waals surface area contributed by atoms with E-state index in [-0.39, 0.29) is 10.5 Å². The van der Waals surface area contributed by atoms with Crippen LogP contribution in [-0.2, 0) is 4.74 Å². The highest BCUT2D eigenvalue weighted by Gasteiger charge is 2.24. The molecule has 1 aromatic carbocycles. The van der Waals surface area contributed by atoms with Gasteiger partial charge in [0.25, 0.3) is 0 Å². The van der Waals surface area contributed by atoms with Gasteiger partial charge in [0.2, 0.25) is 0 Å². The molecule has 2 rings (SSSR count). The fourth-order valence-electron chi connectivity index (χ4n) is 2.19. The van der Waals surface area contributed by atoms with Gasteiger partial charge in [-0.1, -0.05) is 13.0 Å².